The number of ether oxygens (including phenoxy) is 2. The van der Waals surface area contributed by atoms with Gasteiger partial charge in [-0.25, -0.2) is 0 Å². The first-order chi connectivity index (χ1) is 11.0. The largest absolute Gasteiger partial charge is 0.462 e. The van der Waals surface area contributed by atoms with E-state index in [0.29, 0.717) is 18.8 Å². The molecule has 0 aromatic heterocycles. The molecule has 0 N–H and O–H groups in total. The molecule has 4 aliphatic carbocycles. The first-order valence-electron chi connectivity index (χ1n) is 8.88. The monoisotopic (exact) mass is 336 g/mol. The smallest absolute Gasteiger partial charge is 0.302 e. The van der Waals surface area contributed by atoms with Crippen LogP contribution in [0.5, 0.6) is 0 Å². The van der Waals surface area contributed by atoms with Gasteiger partial charge < -0.3 is 9.47 Å². The molecule has 5 nitrogen and oxygen atoms in total. The molecule has 4 fully saturated rings. The predicted octanol–water partition coefficient (Wildman–Crippen LogP) is 2.76. The van der Waals surface area contributed by atoms with Crippen molar-refractivity contribution in [1.29, 1.82) is 0 Å². The van der Waals surface area contributed by atoms with E-state index >= 15 is 0 Å². The molecule has 24 heavy (non-hydrogen) atoms. The van der Waals surface area contributed by atoms with Gasteiger partial charge >= 0.3 is 11.9 Å². The zero-order valence-electron chi connectivity index (χ0n) is 15.4. The standard InChI is InChI=1S/C19H28O5/c1-9-7-12(22)16-17-15(9)19(16,6)14(24-11(3)21)8-13(18(17,4)5)23-10(2)20/h9,13-17H,7-8H2,1-6H3/t9-,13+,14+,15-,16+,17-,19+/m0/s1. The van der Waals surface area contributed by atoms with E-state index in [9.17, 15) is 14.4 Å². The third-order valence-corrected chi connectivity index (χ3v) is 7.04. The number of Topliss-reactive ketones (excluding diaryl/α,β-unsaturated/α-hetero) is 1. The second kappa shape index (κ2) is 5.30. The van der Waals surface area contributed by atoms with Gasteiger partial charge in [-0.05, 0) is 17.8 Å². The van der Waals surface area contributed by atoms with Gasteiger partial charge in [0.05, 0.1) is 0 Å². The minimum atomic E-state index is -0.390. The van der Waals surface area contributed by atoms with Crippen molar-refractivity contribution >= 4 is 17.7 Å². The lowest BCUT2D eigenvalue weighted by atomic mass is 9.35. The third kappa shape index (κ3) is 2.16. The van der Waals surface area contributed by atoms with E-state index in [2.05, 4.69) is 27.7 Å². The maximum atomic E-state index is 12.8. The van der Waals surface area contributed by atoms with Gasteiger partial charge in [-0.3, -0.25) is 14.4 Å². The lowest BCUT2D eigenvalue weighted by Gasteiger charge is -2.68. The summed E-state index contributed by atoms with van der Waals surface area (Å²) in [5.74, 6) is 0.215. The Balaban J connectivity index is 2.08. The van der Waals surface area contributed by atoms with Crippen molar-refractivity contribution in [1.82, 2.24) is 0 Å². The highest BCUT2D eigenvalue weighted by Gasteiger charge is 2.75. The molecule has 4 aliphatic rings. The molecule has 0 spiro atoms. The number of esters is 2. The number of fused-ring (bicyclic) bond motifs is 3. The van der Waals surface area contributed by atoms with Gasteiger partial charge in [0.1, 0.15) is 18.0 Å². The van der Waals surface area contributed by atoms with Crippen molar-refractivity contribution in [3.63, 3.8) is 0 Å². The number of hydrogen-bond acceptors (Lipinski definition) is 5. The van der Waals surface area contributed by atoms with Crippen LogP contribution in [0, 0.1) is 34.5 Å². The lowest BCUT2D eigenvalue weighted by Crippen LogP contribution is -2.70. The van der Waals surface area contributed by atoms with E-state index in [1.807, 2.05) is 0 Å². The molecule has 0 saturated heterocycles. The van der Waals surface area contributed by atoms with Crippen LogP contribution in [0.1, 0.15) is 54.4 Å². The molecular formula is C19H28O5. The van der Waals surface area contributed by atoms with Gasteiger partial charge in [0.25, 0.3) is 0 Å². The summed E-state index contributed by atoms with van der Waals surface area (Å²) >= 11 is 0. The third-order valence-electron chi connectivity index (χ3n) is 7.04. The van der Waals surface area contributed by atoms with E-state index in [1.165, 1.54) is 13.8 Å². The number of carbonyl (C=O) groups excluding carboxylic acids is 3. The van der Waals surface area contributed by atoms with E-state index < -0.39 is 0 Å². The normalized spacial score (nSPS) is 45.7. The summed E-state index contributed by atoms with van der Waals surface area (Å²) in [4.78, 5) is 36.1. The molecule has 5 heteroatoms. The average molecular weight is 336 g/mol. The first kappa shape index (κ1) is 17.4. The molecule has 0 aliphatic heterocycles. The fraction of sp³-hybridized carbons (Fsp3) is 0.842. The Morgan fingerprint density at radius 2 is 1.54 bits per heavy atom. The second-order valence-electron chi connectivity index (χ2n) is 8.80. The van der Waals surface area contributed by atoms with Gasteiger partial charge in [-0.1, -0.05) is 27.7 Å². The Morgan fingerprint density at radius 1 is 1.00 bits per heavy atom. The molecule has 0 unspecified atom stereocenters. The first-order valence-corrected chi connectivity index (χ1v) is 8.88. The van der Waals surface area contributed by atoms with Crippen molar-refractivity contribution in [3.05, 3.63) is 0 Å². The van der Waals surface area contributed by atoms with Crippen LogP contribution in [0.25, 0.3) is 0 Å². The Bertz CT molecular complexity index is 595. The minimum Gasteiger partial charge on any atom is -0.462 e. The molecule has 0 heterocycles. The van der Waals surface area contributed by atoms with Crippen molar-refractivity contribution in [2.45, 2.75) is 66.6 Å². The van der Waals surface area contributed by atoms with Crippen molar-refractivity contribution < 1.29 is 23.9 Å². The number of rotatable bonds is 2. The molecule has 0 aromatic rings. The summed E-state index contributed by atoms with van der Waals surface area (Å²) in [6, 6.07) is 0. The lowest BCUT2D eigenvalue weighted by molar-refractivity contribution is -0.237. The average Bonchev–Trinajstić information content (AvgIpc) is 2.50. The SMILES string of the molecule is CC(=O)O[C@@H]1C[C@@H](OC(C)=O)[C@]2(C)[C@@H]3[C@@H]([C@H]2C(=O)C[C@@H]3C)C1(C)C. The molecule has 0 aromatic carbocycles. The van der Waals surface area contributed by atoms with Gasteiger partial charge in [-0.15, -0.1) is 0 Å². The Labute approximate surface area is 143 Å². The van der Waals surface area contributed by atoms with Crippen molar-refractivity contribution in [2.24, 2.45) is 34.5 Å². The zero-order valence-corrected chi connectivity index (χ0v) is 15.4. The van der Waals surface area contributed by atoms with E-state index in [1.54, 1.807) is 0 Å². The fourth-order valence-corrected chi connectivity index (χ4v) is 6.21. The van der Waals surface area contributed by atoms with Gasteiger partial charge in [0.15, 0.2) is 0 Å². The summed E-state index contributed by atoms with van der Waals surface area (Å²) in [6.45, 7) is 11.2. The Hall–Kier alpha value is -1.39. The molecule has 0 radical (unpaired) electrons. The molecule has 7 atom stereocenters. The topological polar surface area (TPSA) is 69.7 Å². The summed E-state index contributed by atoms with van der Waals surface area (Å²) < 4.78 is 11.3. The van der Waals surface area contributed by atoms with Crippen LogP contribution in [0.3, 0.4) is 0 Å². The van der Waals surface area contributed by atoms with Crippen LogP contribution in [-0.2, 0) is 23.9 Å². The van der Waals surface area contributed by atoms with E-state index in [-0.39, 0.29) is 58.5 Å². The van der Waals surface area contributed by atoms with E-state index in [4.69, 9.17) is 9.47 Å². The summed E-state index contributed by atoms with van der Waals surface area (Å²) in [5.41, 5.74) is -0.670. The number of ketones is 1. The van der Waals surface area contributed by atoms with Gasteiger partial charge in [-0.2, -0.15) is 0 Å². The van der Waals surface area contributed by atoms with Crippen LogP contribution in [0.2, 0.25) is 0 Å². The molecular weight excluding hydrogens is 308 g/mol. The van der Waals surface area contributed by atoms with E-state index in [0.717, 1.165) is 0 Å². The van der Waals surface area contributed by atoms with Crippen LogP contribution >= 0.6 is 0 Å². The number of carbonyl (C=O) groups is 3. The van der Waals surface area contributed by atoms with Crippen LogP contribution in [0.4, 0.5) is 0 Å². The molecule has 4 rings (SSSR count). The molecule has 134 valence electrons. The molecule has 4 saturated carbocycles. The van der Waals surface area contributed by atoms with Gasteiger partial charge in [0.2, 0.25) is 0 Å². The minimum absolute atomic E-state index is 0.112. The summed E-state index contributed by atoms with van der Waals surface area (Å²) in [6.07, 6.45) is 0.324. The summed E-state index contributed by atoms with van der Waals surface area (Å²) in [7, 11) is 0. The van der Waals surface area contributed by atoms with Crippen LogP contribution < -0.4 is 0 Å². The maximum Gasteiger partial charge on any atom is 0.302 e. The fourth-order valence-electron chi connectivity index (χ4n) is 6.21. The van der Waals surface area contributed by atoms with Crippen molar-refractivity contribution in [3.8, 4) is 0 Å². The highest BCUT2D eigenvalue weighted by atomic mass is 16.6. The number of hydrogen-bond donors (Lipinski definition) is 0. The Kier molecular flexibility index (Phi) is 3.85. The highest BCUT2D eigenvalue weighted by Crippen LogP contribution is 2.73. The maximum absolute atomic E-state index is 12.8. The highest BCUT2D eigenvalue weighted by molar-refractivity contribution is 5.86. The second-order valence-corrected chi connectivity index (χ2v) is 8.80. The molecule has 0 amide bonds. The summed E-state index contributed by atoms with van der Waals surface area (Å²) in [5, 5.41) is 0. The van der Waals surface area contributed by atoms with Gasteiger partial charge in [0, 0.05) is 43.4 Å². The quantitative estimate of drug-likeness (QED) is 0.725. The Morgan fingerprint density at radius 3 is 2.04 bits per heavy atom. The molecule has 4 bridgehead atoms. The van der Waals surface area contributed by atoms with Crippen molar-refractivity contribution in [2.75, 3.05) is 0 Å². The predicted molar refractivity (Wildman–Crippen MR) is 86.9 cm³/mol. The zero-order chi connectivity index (χ0) is 18.0. The van der Waals surface area contributed by atoms with Crippen LogP contribution in [-0.4, -0.2) is 29.9 Å². The van der Waals surface area contributed by atoms with Crippen LogP contribution in [0.15, 0.2) is 0 Å².